The average molecular weight is 310 g/mol. The van der Waals surface area contributed by atoms with Gasteiger partial charge in [-0.25, -0.2) is 13.1 Å². The van der Waals surface area contributed by atoms with E-state index in [9.17, 15) is 8.42 Å². The van der Waals surface area contributed by atoms with E-state index < -0.39 is 10.0 Å². The number of nitrogens with one attached hydrogen (secondary N) is 1. The van der Waals surface area contributed by atoms with Gasteiger partial charge >= 0.3 is 0 Å². The summed E-state index contributed by atoms with van der Waals surface area (Å²) in [6.07, 6.45) is 7.33. The first-order chi connectivity index (χ1) is 9.99. The number of hydrogen-bond donors (Lipinski definition) is 2. The smallest absolute Gasteiger partial charge is 0.240 e. The number of rotatable bonds is 6. The van der Waals surface area contributed by atoms with Gasteiger partial charge in [-0.15, -0.1) is 0 Å². The van der Waals surface area contributed by atoms with Crippen LogP contribution in [0.2, 0.25) is 0 Å². The van der Waals surface area contributed by atoms with Crippen molar-refractivity contribution in [3.8, 4) is 0 Å². The van der Waals surface area contributed by atoms with E-state index in [2.05, 4.69) is 4.72 Å². The lowest BCUT2D eigenvalue weighted by Crippen LogP contribution is -2.26. The molecule has 3 N–H and O–H groups in total. The summed E-state index contributed by atoms with van der Waals surface area (Å²) in [6, 6.07) is 6.73. The maximum absolute atomic E-state index is 12.2. The highest BCUT2D eigenvalue weighted by Gasteiger charge is 2.17. The molecule has 0 aromatic heterocycles. The van der Waals surface area contributed by atoms with E-state index in [4.69, 9.17) is 5.73 Å². The van der Waals surface area contributed by atoms with E-state index in [0.717, 1.165) is 12.0 Å². The first-order valence-electron chi connectivity index (χ1n) is 7.84. The van der Waals surface area contributed by atoms with Gasteiger partial charge in [0.15, 0.2) is 0 Å². The highest BCUT2D eigenvalue weighted by atomic mass is 32.2. The Bertz CT molecular complexity index is 532. The van der Waals surface area contributed by atoms with E-state index in [1.54, 1.807) is 24.3 Å². The third-order valence-electron chi connectivity index (χ3n) is 4.29. The molecule has 1 saturated carbocycles. The zero-order valence-electron chi connectivity index (χ0n) is 12.7. The summed E-state index contributed by atoms with van der Waals surface area (Å²) < 4.78 is 27.1. The summed E-state index contributed by atoms with van der Waals surface area (Å²) in [7, 11) is -3.39. The fourth-order valence-corrected chi connectivity index (χ4v) is 3.95. The molecule has 0 spiro atoms. The predicted molar refractivity (Wildman–Crippen MR) is 85.4 cm³/mol. The number of sulfonamides is 1. The maximum atomic E-state index is 12.2. The van der Waals surface area contributed by atoms with Gasteiger partial charge in [-0.2, -0.15) is 0 Å². The van der Waals surface area contributed by atoms with Crippen molar-refractivity contribution in [3.05, 3.63) is 29.8 Å². The molecule has 1 unspecified atom stereocenters. The van der Waals surface area contributed by atoms with Crippen molar-refractivity contribution in [2.75, 3.05) is 6.54 Å². The van der Waals surface area contributed by atoms with Crippen LogP contribution in [0, 0.1) is 5.92 Å². The zero-order valence-corrected chi connectivity index (χ0v) is 13.5. The third kappa shape index (κ3) is 4.80. The van der Waals surface area contributed by atoms with Gasteiger partial charge in [0, 0.05) is 12.6 Å². The highest BCUT2D eigenvalue weighted by Crippen LogP contribution is 2.26. The van der Waals surface area contributed by atoms with Gasteiger partial charge in [-0.3, -0.25) is 0 Å². The fourth-order valence-electron chi connectivity index (χ4n) is 2.91. The minimum Gasteiger partial charge on any atom is -0.324 e. The molecule has 0 heterocycles. The first-order valence-corrected chi connectivity index (χ1v) is 9.32. The van der Waals surface area contributed by atoms with Gasteiger partial charge in [0.1, 0.15) is 0 Å². The van der Waals surface area contributed by atoms with Crippen LogP contribution in [0.3, 0.4) is 0 Å². The molecular weight excluding hydrogens is 284 g/mol. The molecule has 0 bridgehead atoms. The monoisotopic (exact) mass is 310 g/mol. The van der Waals surface area contributed by atoms with Crippen LogP contribution in [0.25, 0.3) is 0 Å². The van der Waals surface area contributed by atoms with Crippen molar-refractivity contribution in [3.63, 3.8) is 0 Å². The first kappa shape index (κ1) is 16.5. The van der Waals surface area contributed by atoms with Crippen molar-refractivity contribution < 1.29 is 8.42 Å². The molecule has 0 radical (unpaired) electrons. The van der Waals surface area contributed by atoms with Crippen molar-refractivity contribution in [2.24, 2.45) is 11.7 Å². The molecule has 1 aliphatic rings. The predicted octanol–water partition coefficient (Wildman–Crippen LogP) is 2.96. The van der Waals surface area contributed by atoms with Crippen molar-refractivity contribution in [2.45, 2.75) is 56.4 Å². The molecule has 0 amide bonds. The summed E-state index contributed by atoms with van der Waals surface area (Å²) in [5, 5.41) is 0. The van der Waals surface area contributed by atoms with Crippen molar-refractivity contribution in [1.82, 2.24) is 4.72 Å². The Kier molecular flexibility index (Phi) is 5.79. The minimum atomic E-state index is -3.39. The molecular formula is C16H26N2O2S. The molecule has 1 fully saturated rings. The lowest BCUT2D eigenvalue weighted by molar-refractivity contribution is 0.339. The van der Waals surface area contributed by atoms with Crippen LogP contribution >= 0.6 is 0 Å². The summed E-state index contributed by atoms with van der Waals surface area (Å²) in [5.74, 6) is 0.682. The van der Waals surface area contributed by atoms with Crippen LogP contribution in [0.15, 0.2) is 29.2 Å². The van der Waals surface area contributed by atoms with E-state index in [0.29, 0.717) is 17.4 Å². The van der Waals surface area contributed by atoms with E-state index >= 15 is 0 Å². The van der Waals surface area contributed by atoms with Crippen LogP contribution < -0.4 is 10.5 Å². The van der Waals surface area contributed by atoms with Gasteiger partial charge < -0.3 is 5.73 Å². The molecule has 2 rings (SSSR count). The second kappa shape index (κ2) is 7.38. The largest absolute Gasteiger partial charge is 0.324 e. The molecule has 1 aliphatic carbocycles. The number of nitrogens with two attached hydrogens (primary N) is 1. The molecule has 0 aliphatic heterocycles. The summed E-state index contributed by atoms with van der Waals surface area (Å²) in [4.78, 5) is 0.315. The van der Waals surface area contributed by atoms with E-state index in [1.807, 2.05) is 6.92 Å². The summed E-state index contributed by atoms with van der Waals surface area (Å²) in [5.41, 5.74) is 6.71. The normalized spacial score (nSPS) is 18.6. The molecule has 5 heteroatoms. The SMILES string of the molecule is CC(N)c1ccc(S(=O)(=O)NCCC2CCCCC2)cc1. The lowest BCUT2D eigenvalue weighted by atomic mass is 9.87. The molecule has 1 aromatic rings. The Morgan fingerprint density at radius 3 is 2.38 bits per heavy atom. The van der Waals surface area contributed by atoms with Gasteiger partial charge in [0.2, 0.25) is 10.0 Å². The molecule has 1 atom stereocenters. The van der Waals surface area contributed by atoms with Gasteiger partial charge in [-0.05, 0) is 37.0 Å². The molecule has 0 saturated heterocycles. The highest BCUT2D eigenvalue weighted by molar-refractivity contribution is 7.89. The quantitative estimate of drug-likeness (QED) is 0.848. The standard InChI is InChI=1S/C16H26N2O2S/c1-13(17)15-7-9-16(10-8-15)21(19,20)18-12-11-14-5-3-2-4-6-14/h7-10,13-14,18H,2-6,11-12,17H2,1H3. The third-order valence-corrected chi connectivity index (χ3v) is 5.76. The van der Waals surface area contributed by atoms with Gasteiger partial charge in [0.05, 0.1) is 4.90 Å². The fraction of sp³-hybridized carbons (Fsp3) is 0.625. The Balaban J connectivity index is 1.88. The van der Waals surface area contributed by atoms with Gasteiger partial charge in [0.25, 0.3) is 0 Å². The van der Waals surface area contributed by atoms with E-state index in [1.165, 1.54) is 32.1 Å². The second-order valence-corrected chi connectivity index (χ2v) is 7.82. The Morgan fingerprint density at radius 2 is 1.81 bits per heavy atom. The molecule has 4 nitrogen and oxygen atoms in total. The average Bonchev–Trinajstić information content (AvgIpc) is 2.48. The zero-order chi connectivity index (χ0) is 15.3. The minimum absolute atomic E-state index is 0.0824. The van der Waals surface area contributed by atoms with Crippen LogP contribution in [-0.4, -0.2) is 15.0 Å². The maximum Gasteiger partial charge on any atom is 0.240 e. The topological polar surface area (TPSA) is 72.2 Å². The number of hydrogen-bond acceptors (Lipinski definition) is 3. The lowest BCUT2D eigenvalue weighted by Gasteiger charge is -2.21. The number of benzene rings is 1. The summed E-state index contributed by atoms with van der Waals surface area (Å²) >= 11 is 0. The van der Waals surface area contributed by atoms with E-state index in [-0.39, 0.29) is 6.04 Å². The van der Waals surface area contributed by atoms with Crippen molar-refractivity contribution in [1.29, 1.82) is 0 Å². The second-order valence-electron chi connectivity index (χ2n) is 6.05. The van der Waals surface area contributed by atoms with Crippen LogP contribution in [0.5, 0.6) is 0 Å². The molecule has 1 aromatic carbocycles. The molecule has 118 valence electrons. The summed E-state index contributed by atoms with van der Waals surface area (Å²) in [6.45, 7) is 2.41. The van der Waals surface area contributed by atoms with Crippen LogP contribution in [-0.2, 0) is 10.0 Å². The van der Waals surface area contributed by atoms with Gasteiger partial charge in [-0.1, -0.05) is 44.2 Å². The Labute approximate surface area is 128 Å². The van der Waals surface area contributed by atoms with Crippen LogP contribution in [0.4, 0.5) is 0 Å². The Morgan fingerprint density at radius 1 is 1.19 bits per heavy atom. The molecule has 21 heavy (non-hydrogen) atoms. The van der Waals surface area contributed by atoms with Crippen LogP contribution in [0.1, 0.15) is 57.1 Å². The van der Waals surface area contributed by atoms with Crippen molar-refractivity contribution >= 4 is 10.0 Å². The Hall–Kier alpha value is -0.910.